The molecule has 0 aliphatic rings. The highest BCUT2D eigenvalue weighted by molar-refractivity contribution is 6.36. The average molecular weight is 699 g/mol. The summed E-state index contributed by atoms with van der Waals surface area (Å²) in [5, 5.41) is 9.30. The summed E-state index contributed by atoms with van der Waals surface area (Å²) >= 11 is 6.59. The first-order valence-corrected chi connectivity index (χ1v) is 17.9. The predicted molar refractivity (Wildman–Crippen MR) is 218 cm³/mol. The summed E-state index contributed by atoms with van der Waals surface area (Å²) in [6.07, 6.45) is 0. The number of furan rings is 1. The van der Waals surface area contributed by atoms with Crippen LogP contribution in [0.4, 0.5) is 0 Å². The topological polar surface area (TPSA) is 56.7 Å². The number of aromatic nitrogens is 4. The van der Waals surface area contributed by atoms with Gasteiger partial charge in [0.15, 0.2) is 23.1 Å². The van der Waals surface area contributed by atoms with Crippen LogP contribution < -0.4 is 0 Å². The third kappa shape index (κ3) is 4.68. The molecule has 8 aromatic carbocycles. The molecule has 0 spiro atoms. The van der Waals surface area contributed by atoms with Gasteiger partial charge in [0.05, 0.1) is 16.1 Å². The molecule has 0 saturated heterocycles. The Hall–Kier alpha value is -6.82. The number of benzene rings is 8. The third-order valence-corrected chi connectivity index (χ3v) is 10.6. The van der Waals surface area contributed by atoms with Crippen molar-refractivity contribution in [3.63, 3.8) is 0 Å². The molecule has 3 aromatic heterocycles. The Bertz CT molecular complexity index is 3250. The molecule has 0 atom stereocenters. The lowest BCUT2D eigenvalue weighted by Crippen LogP contribution is -2.02. The van der Waals surface area contributed by atoms with E-state index in [0.29, 0.717) is 28.1 Å². The summed E-state index contributed by atoms with van der Waals surface area (Å²) in [6.45, 7) is 0. The standard InChI is InChI=1S/C47H27ClN4O/c48-39-18-9-16-36-42-38-27-32(23-21-29(38)24-25-41(42)53-44(36)39)46-49-45(31-22-20-28-10-4-5-11-30(28)26-31)50-47(51-46)37-17-8-15-35-34-14-6-7-19-40(34)52(43(35)37)33-12-2-1-3-13-33/h1-27H. The summed E-state index contributed by atoms with van der Waals surface area (Å²) in [5.74, 6) is 1.79. The lowest BCUT2D eigenvalue weighted by molar-refractivity contribution is 0.669. The molecule has 5 nitrogen and oxygen atoms in total. The van der Waals surface area contributed by atoms with E-state index >= 15 is 0 Å². The second kappa shape index (κ2) is 11.6. The van der Waals surface area contributed by atoms with Crippen molar-refractivity contribution in [1.29, 1.82) is 0 Å². The normalized spacial score (nSPS) is 11.9. The molecule has 3 heterocycles. The number of hydrogen-bond acceptors (Lipinski definition) is 4. The van der Waals surface area contributed by atoms with Crippen LogP contribution in [0, 0.1) is 0 Å². The summed E-state index contributed by atoms with van der Waals surface area (Å²) < 4.78 is 8.58. The van der Waals surface area contributed by atoms with Crippen LogP contribution in [0.15, 0.2) is 168 Å². The van der Waals surface area contributed by atoms with Crippen molar-refractivity contribution in [2.24, 2.45) is 0 Å². The first-order valence-electron chi connectivity index (χ1n) is 17.5. The molecular formula is C47H27ClN4O. The van der Waals surface area contributed by atoms with Crippen molar-refractivity contribution in [3.8, 4) is 39.9 Å². The zero-order chi connectivity index (χ0) is 35.0. The van der Waals surface area contributed by atoms with Crippen LogP contribution in [-0.2, 0) is 0 Å². The molecule has 0 bridgehead atoms. The fraction of sp³-hybridized carbons (Fsp3) is 0. The van der Waals surface area contributed by atoms with Crippen LogP contribution in [0.5, 0.6) is 0 Å². The van der Waals surface area contributed by atoms with E-state index in [-0.39, 0.29) is 0 Å². The lowest BCUT2D eigenvalue weighted by Gasteiger charge is -2.13. The maximum atomic E-state index is 6.59. The van der Waals surface area contributed by atoms with E-state index in [9.17, 15) is 0 Å². The Morgan fingerprint density at radius 1 is 0.472 bits per heavy atom. The maximum Gasteiger partial charge on any atom is 0.166 e. The largest absolute Gasteiger partial charge is 0.454 e. The molecule has 6 heteroatoms. The lowest BCUT2D eigenvalue weighted by atomic mass is 10.0. The van der Waals surface area contributed by atoms with Gasteiger partial charge < -0.3 is 8.98 Å². The minimum absolute atomic E-state index is 0.585. The predicted octanol–water partition coefficient (Wildman–Crippen LogP) is 12.8. The maximum absolute atomic E-state index is 6.59. The highest BCUT2D eigenvalue weighted by atomic mass is 35.5. The number of halogens is 1. The van der Waals surface area contributed by atoms with Crippen LogP contribution >= 0.6 is 11.6 Å². The van der Waals surface area contributed by atoms with Crippen LogP contribution in [0.2, 0.25) is 5.02 Å². The molecule has 0 aliphatic heterocycles. The number of rotatable bonds is 4. The minimum atomic E-state index is 0.585. The van der Waals surface area contributed by atoms with Crippen LogP contribution in [-0.4, -0.2) is 19.5 Å². The Morgan fingerprint density at radius 3 is 2.00 bits per heavy atom. The van der Waals surface area contributed by atoms with E-state index in [4.69, 9.17) is 31.0 Å². The van der Waals surface area contributed by atoms with Gasteiger partial charge in [-0.25, -0.2) is 15.0 Å². The van der Waals surface area contributed by atoms with Crippen molar-refractivity contribution in [1.82, 2.24) is 19.5 Å². The number of fused-ring (bicyclic) bond motifs is 9. The van der Waals surface area contributed by atoms with E-state index in [0.717, 1.165) is 76.7 Å². The molecule has 0 saturated carbocycles. The number of hydrogen-bond donors (Lipinski definition) is 0. The summed E-state index contributed by atoms with van der Waals surface area (Å²) in [7, 11) is 0. The van der Waals surface area contributed by atoms with Gasteiger partial charge in [-0.2, -0.15) is 0 Å². The van der Waals surface area contributed by atoms with E-state index in [1.807, 2.05) is 24.3 Å². The molecular weight excluding hydrogens is 672 g/mol. The monoisotopic (exact) mass is 698 g/mol. The Balaban J connectivity index is 1.21. The van der Waals surface area contributed by atoms with Gasteiger partial charge in [-0.15, -0.1) is 0 Å². The van der Waals surface area contributed by atoms with Gasteiger partial charge in [-0.3, -0.25) is 0 Å². The minimum Gasteiger partial charge on any atom is -0.454 e. The van der Waals surface area contributed by atoms with Gasteiger partial charge in [0, 0.05) is 43.9 Å². The molecule has 0 aliphatic carbocycles. The summed E-state index contributed by atoms with van der Waals surface area (Å²) in [4.78, 5) is 15.7. The van der Waals surface area contributed by atoms with Crippen molar-refractivity contribution < 1.29 is 4.42 Å². The van der Waals surface area contributed by atoms with Crippen molar-refractivity contribution in [2.75, 3.05) is 0 Å². The summed E-state index contributed by atoms with van der Waals surface area (Å²) in [6, 6.07) is 56.5. The van der Waals surface area contributed by atoms with Gasteiger partial charge in [0.25, 0.3) is 0 Å². The Kier molecular flexibility index (Phi) is 6.54. The van der Waals surface area contributed by atoms with E-state index in [2.05, 4.69) is 144 Å². The van der Waals surface area contributed by atoms with Crippen molar-refractivity contribution in [3.05, 3.63) is 169 Å². The zero-order valence-electron chi connectivity index (χ0n) is 28.2. The first-order chi connectivity index (χ1) is 26.2. The van der Waals surface area contributed by atoms with Gasteiger partial charge in [0.2, 0.25) is 0 Å². The van der Waals surface area contributed by atoms with Gasteiger partial charge >= 0.3 is 0 Å². The van der Waals surface area contributed by atoms with Gasteiger partial charge in [0.1, 0.15) is 5.58 Å². The molecule has 0 amide bonds. The highest BCUT2D eigenvalue weighted by Crippen LogP contribution is 2.40. The zero-order valence-corrected chi connectivity index (χ0v) is 28.9. The van der Waals surface area contributed by atoms with Crippen LogP contribution in [0.1, 0.15) is 0 Å². The molecule has 248 valence electrons. The SMILES string of the molecule is Clc1cccc2c1oc1ccc3ccc(-c4nc(-c5ccc6ccccc6c5)nc(-c5cccc6c7ccccc7n(-c7ccccc7)c56)n4)cc3c12. The average Bonchev–Trinajstić information content (AvgIpc) is 3.78. The van der Waals surface area contributed by atoms with Crippen LogP contribution in [0.25, 0.3) is 105 Å². The number of nitrogens with zero attached hydrogens (tertiary/aromatic N) is 4. The molecule has 53 heavy (non-hydrogen) atoms. The quantitative estimate of drug-likeness (QED) is 0.184. The second-order valence-electron chi connectivity index (χ2n) is 13.4. The molecule has 0 radical (unpaired) electrons. The fourth-order valence-electron chi connectivity index (χ4n) is 7.85. The van der Waals surface area contributed by atoms with E-state index < -0.39 is 0 Å². The van der Waals surface area contributed by atoms with Crippen molar-refractivity contribution in [2.45, 2.75) is 0 Å². The Labute approximate surface area is 308 Å². The van der Waals surface area contributed by atoms with E-state index in [1.54, 1.807) is 0 Å². The highest BCUT2D eigenvalue weighted by Gasteiger charge is 2.21. The molecule has 0 unspecified atom stereocenters. The Morgan fingerprint density at radius 2 is 1.13 bits per heavy atom. The fourth-order valence-corrected chi connectivity index (χ4v) is 8.06. The van der Waals surface area contributed by atoms with E-state index in [1.165, 1.54) is 5.39 Å². The molecule has 11 aromatic rings. The number of para-hydroxylation sites is 4. The second-order valence-corrected chi connectivity index (χ2v) is 13.8. The molecule has 0 fully saturated rings. The third-order valence-electron chi connectivity index (χ3n) is 10.3. The van der Waals surface area contributed by atoms with Crippen molar-refractivity contribution >= 4 is 76.9 Å². The van der Waals surface area contributed by atoms with Gasteiger partial charge in [-0.05, 0) is 70.1 Å². The molecule has 11 rings (SSSR count). The smallest absolute Gasteiger partial charge is 0.166 e. The van der Waals surface area contributed by atoms with Crippen LogP contribution in [0.3, 0.4) is 0 Å². The first kappa shape index (κ1) is 29.9. The van der Waals surface area contributed by atoms with Gasteiger partial charge in [-0.1, -0.05) is 127 Å². The molecule has 0 N–H and O–H groups in total. The summed E-state index contributed by atoms with van der Waals surface area (Å²) in [5.41, 5.74) is 7.43.